The van der Waals surface area contributed by atoms with Gasteiger partial charge in [0.05, 0.1) is 12.2 Å². The van der Waals surface area contributed by atoms with E-state index in [0.29, 0.717) is 16.6 Å². The highest BCUT2D eigenvalue weighted by Crippen LogP contribution is 2.33. The van der Waals surface area contributed by atoms with Gasteiger partial charge in [-0.1, -0.05) is 23.5 Å². The lowest BCUT2D eigenvalue weighted by molar-refractivity contribution is -0.123. The number of hydrogen-bond donors (Lipinski definition) is 1. The first-order chi connectivity index (χ1) is 10.5. The van der Waals surface area contributed by atoms with E-state index < -0.39 is 6.10 Å². The number of anilines is 2. The van der Waals surface area contributed by atoms with E-state index in [4.69, 9.17) is 4.74 Å². The summed E-state index contributed by atoms with van der Waals surface area (Å²) < 4.78 is 5.70. The third kappa shape index (κ3) is 2.77. The molecule has 3 rings (SSSR count). The maximum Gasteiger partial charge on any atom is 0.269 e. The van der Waals surface area contributed by atoms with Gasteiger partial charge in [0.1, 0.15) is 10.8 Å². The molecular weight excluding hydrogens is 304 g/mol. The van der Waals surface area contributed by atoms with E-state index in [1.807, 2.05) is 6.07 Å². The third-order valence-corrected chi connectivity index (χ3v) is 3.96. The molecule has 0 spiro atoms. The van der Waals surface area contributed by atoms with Crippen molar-refractivity contribution in [3.63, 3.8) is 0 Å². The van der Waals surface area contributed by atoms with Crippen LogP contribution in [0.25, 0.3) is 0 Å². The summed E-state index contributed by atoms with van der Waals surface area (Å²) in [6.45, 7) is 3.43. The van der Waals surface area contributed by atoms with Crippen molar-refractivity contribution in [1.82, 2.24) is 10.2 Å². The van der Waals surface area contributed by atoms with Crippen LogP contribution in [0.1, 0.15) is 11.9 Å². The molecule has 1 unspecified atom stereocenters. The van der Waals surface area contributed by atoms with Crippen LogP contribution in [0.5, 0.6) is 5.75 Å². The Morgan fingerprint density at radius 1 is 1.36 bits per heavy atom. The van der Waals surface area contributed by atoms with Crippen molar-refractivity contribution in [2.75, 3.05) is 16.8 Å². The SMILES string of the molecule is CC(=O)N1CC(C(=O)Nc2nnc(C)s2)Oc2ccccc21. The molecule has 1 aliphatic rings. The Bertz CT molecular complexity index is 730. The number of nitrogens with one attached hydrogen (secondary N) is 1. The van der Waals surface area contributed by atoms with Crippen LogP contribution < -0.4 is 15.0 Å². The first-order valence-electron chi connectivity index (χ1n) is 6.69. The van der Waals surface area contributed by atoms with Crippen molar-refractivity contribution < 1.29 is 14.3 Å². The maximum atomic E-state index is 12.3. The Kier molecular flexibility index (Phi) is 3.76. The second-order valence-electron chi connectivity index (χ2n) is 4.82. The molecule has 0 saturated heterocycles. The number of aromatic nitrogens is 2. The number of ether oxygens (including phenoxy) is 1. The second kappa shape index (κ2) is 5.72. The summed E-state index contributed by atoms with van der Waals surface area (Å²) in [6.07, 6.45) is -0.789. The van der Waals surface area contributed by atoms with Gasteiger partial charge >= 0.3 is 0 Å². The highest BCUT2D eigenvalue weighted by Gasteiger charge is 2.32. The molecule has 0 saturated carbocycles. The van der Waals surface area contributed by atoms with Crippen LogP contribution in [-0.2, 0) is 9.59 Å². The van der Waals surface area contributed by atoms with Crippen molar-refractivity contribution in [2.45, 2.75) is 20.0 Å². The van der Waals surface area contributed by atoms with Crippen molar-refractivity contribution in [1.29, 1.82) is 0 Å². The van der Waals surface area contributed by atoms with Crippen LogP contribution in [0.15, 0.2) is 24.3 Å². The Morgan fingerprint density at radius 3 is 2.82 bits per heavy atom. The van der Waals surface area contributed by atoms with Gasteiger partial charge in [-0.25, -0.2) is 0 Å². The molecule has 114 valence electrons. The van der Waals surface area contributed by atoms with Gasteiger partial charge in [0.15, 0.2) is 6.10 Å². The summed E-state index contributed by atoms with van der Waals surface area (Å²) in [5.41, 5.74) is 0.672. The van der Waals surface area contributed by atoms with Gasteiger partial charge in [-0.3, -0.25) is 14.9 Å². The molecule has 0 radical (unpaired) electrons. The third-order valence-electron chi connectivity index (χ3n) is 3.20. The molecule has 8 heteroatoms. The largest absolute Gasteiger partial charge is 0.476 e. The molecule has 0 bridgehead atoms. The van der Waals surface area contributed by atoms with Gasteiger partial charge in [0, 0.05) is 6.92 Å². The molecule has 7 nitrogen and oxygen atoms in total. The predicted molar refractivity (Wildman–Crippen MR) is 82.2 cm³/mol. The number of amides is 2. The van der Waals surface area contributed by atoms with Gasteiger partial charge < -0.3 is 9.64 Å². The zero-order valence-electron chi connectivity index (χ0n) is 12.1. The number of carbonyl (C=O) groups is 2. The van der Waals surface area contributed by atoms with Crippen LogP contribution in [0.3, 0.4) is 0 Å². The summed E-state index contributed by atoms with van der Waals surface area (Å²) in [6, 6.07) is 7.15. The fraction of sp³-hybridized carbons (Fsp3) is 0.286. The van der Waals surface area contributed by atoms with Crippen molar-refractivity contribution in [2.24, 2.45) is 0 Å². The number of para-hydroxylation sites is 2. The lowest BCUT2D eigenvalue weighted by Gasteiger charge is -2.33. The molecule has 2 amide bonds. The standard InChI is InChI=1S/C14H14N4O3S/c1-8-16-17-14(22-8)15-13(20)12-7-18(9(2)19)10-5-3-4-6-11(10)21-12/h3-6,12H,7H2,1-2H3,(H,15,17,20). The Labute approximate surface area is 130 Å². The average Bonchev–Trinajstić information content (AvgIpc) is 2.91. The van der Waals surface area contributed by atoms with E-state index in [1.165, 1.54) is 23.2 Å². The monoisotopic (exact) mass is 318 g/mol. The molecule has 1 N–H and O–H groups in total. The minimum atomic E-state index is -0.789. The minimum absolute atomic E-state index is 0.139. The molecule has 2 heterocycles. The van der Waals surface area contributed by atoms with Crippen LogP contribution in [-0.4, -0.2) is 34.7 Å². The zero-order chi connectivity index (χ0) is 15.7. The van der Waals surface area contributed by atoms with Gasteiger partial charge in [-0.05, 0) is 19.1 Å². The summed E-state index contributed by atoms with van der Waals surface area (Å²) in [5, 5.41) is 11.5. The zero-order valence-corrected chi connectivity index (χ0v) is 12.9. The van der Waals surface area contributed by atoms with E-state index in [9.17, 15) is 9.59 Å². The molecule has 1 aliphatic heterocycles. The van der Waals surface area contributed by atoms with E-state index in [-0.39, 0.29) is 18.4 Å². The normalized spacial score (nSPS) is 16.6. The molecule has 0 fully saturated rings. The number of hydrogen-bond acceptors (Lipinski definition) is 6. The van der Waals surface area contributed by atoms with E-state index in [0.717, 1.165) is 5.01 Å². The quantitative estimate of drug-likeness (QED) is 0.909. The lowest BCUT2D eigenvalue weighted by atomic mass is 10.2. The predicted octanol–water partition coefficient (Wildman–Crippen LogP) is 1.60. The molecule has 1 aromatic carbocycles. The number of rotatable bonds is 2. The average molecular weight is 318 g/mol. The topological polar surface area (TPSA) is 84.4 Å². The molecular formula is C14H14N4O3S. The smallest absolute Gasteiger partial charge is 0.269 e. The van der Waals surface area contributed by atoms with Crippen LogP contribution in [0.2, 0.25) is 0 Å². The molecule has 1 atom stereocenters. The summed E-state index contributed by atoms with van der Waals surface area (Å²) in [4.78, 5) is 25.7. The van der Waals surface area contributed by atoms with Crippen LogP contribution in [0, 0.1) is 6.92 Å². The molecule has 22 heavy (non-hydrogen) atoms. The number of fused-ring (bicyclic) bond motifs is 1. The molecule has 2 aromatic rings. The maximum absolute atomic E-state index is 12.3. The fourth-order valence-corrected chi connectivity index (χ4v) is 2.80. The first-order valence-corrected chi connectivity index (χ1v) is 7.51. The summed E-state index contributed by atoms with van der Waals surface area (Å²) in [7, 11) is 0. The van der Waals surface area contributed by atoms with Gasteiger partial charge in [-0.2, -0.15) is 0 Å². The van der Waals surface area contributed by atoms with Gasteiger partial charge in [0.2, 0.25) is 11.0 Å². The minimum Gasteiger partial charge on any atom is -0.476 e. The second-order valence-corrected chi connectivity index (χ2v) is 6.00. The van der Waals surface area contributed by atoms with Crippen molar-refractivity contribution in [3.05, 3.63) is 29.3 Å². The number of carbonyl (C=O) groups excluding carboxylic acids is 2. The highest BCUT2D eigenvalue weighted by atomic mass is 32.1. The lowest BCUT2D eigenvalue weighted by Crippen LogP contribution is -2.48. The van der Waals surface area contributed by atoms with Gasteiger partial charge in [0.25, 0.3) is 5.91 Å². The summed E-state index contributed by atoms with van der Waals surface area (Å²) in [5.74, 6) is 0.0229. The molecule has 1 aromatic heterocycles. The first kappa shape index (κ1) is 14.5. The number of benzene rings is 1. The Morgan fingerprint density at radius 2 is 2.14 bits per heavy atom. The van der Waals surface area contributed by atoms with E-state index >= 15 is 0 Å². The molecule has 0 aliphatic carbocycles. The highest BCUT2D eigenvalue weighted by molar-refractivity contribution is 7.15. The van der Waals surface area contributed by atoms with Crippen molar-refractivity contribution in [3.8, 4) is 5.75 Å². The van der Waals surface area contributed by atoms with Crippen LogP contribution in [0.4, 0.5) is 10.8 Å². The van der Waals surface area contributed by atoms with Crippen LogP contribution >= 0.6 is 11.3 Å². The Balaban J connectivity index is 1.81. The number of nitrogens with zero attached hydrogens (tertiary/aromatic N) is 3. The number of aryl methyl sites for hydroxylation is 1. The van der Waals surface area contributed by atoms with E-state index in [2.05, 4.69) is 15.5 Å². The summed E-state index contributed by atoms with van der Waals surface area (Å²) >= 11 is 1.28. The fourth-order valence-electron chi connectivity index (χ4n) is 2.20. The Hall–Kier alpha value is -2.48. The van der Waals surface area contributed by atoms with Gasteiger partial charge in [-0.15, -0.1) is 10.2 Å². The van der Waals surface area contributed by atoms with Crippen molar-refractivity contribution >= 4 is 34.0 Å². The van der Waals surface area contributed by atoms with E-state index in [1.54, 1.807) is 25.1 Å².